The van der Waals surface area contributed by atoms with Gasteiger partial charge in [0.2, 0.25) is 5.13 Å². The van der Waals surface area contributed by atoms with Crippen molar-refractivity contribution in [2.45, 2.75) is 39.2 Å². The first kappa shape index (κ1) is 14.3. The van der Waals surface area contributed by atoms with Crippen LogP contribution in [0.1, 0.15) is 43.7 Å². The third-order valence-electron chi connectivity index (χ3n) is 3.81. The first-order valence-electron chi connectivity index (χ1n) is 7.39. The zero-order valence-electron chi connectivity index (χ0n) is 12.4. The van der Waals surface area contributed by atoms with Gasteiger partial charge in [-0.05, 0) is 32.9 Å². The maximum absolute atomic E-state index is 4.66. The van der Waals surface area contributed by atoms with Crippen LogP contribution in [0.3, 0.4) is 0 Å². The molecule has 1 aliphatic heterocycles. The number of hydrogen-bond acceptors (Lipinski definition) is 7. The highest BCUT2D eigenvalue weighted by atomic mass is 32.1. The lowest BCUT2D eigenvalue weighted by atomic mass is 9.99. The fraction of sp³-hybridized carbons (Fsp3) is 0.571. The van der Waals surface area contributed by atoms with Crippen molar-refractivity contribution in [3.8, 4) is 0 Å². The van der Waals surface area contributed by atoms with E-state index in [-0.39, 0.29) is 0 Å². The van der Waals surface area contributed by atoms with Crippen LogP contribution < -0.4 is 5.32 Å². The highest BCUT2D eigenvalue weighted by molar-refractivity contribution is 7.13. The normalized spacial score (nSPS) is 19.6. The molecule has 0 amide bonds. The highest BCUT2D eigenvalue weighted by Gasteiger charge is 2.24. The maximum Gasteiger partial charge on any atom is 0.210 e. The Balaban J connectivity index is 1.86. The number of rotatable bonds is 4. The molecule has 6 nitrogen and oxygen atoms in total. The Hall–Kier alpha value is -1.60. The lowest BCUT2D eigenvalue weighted by Crippen LogP contribution is -2.33. The molecular formula is C14H20N6S. The Morgan fingerprint density at radius 1 is 1.38 bits per heavy atom. The smallest absolute Gasteiger partial charge is 0.210 e. The van der Waals surface area contributed by atoms with E-state index in [0.29, 0.717) is 6.04 Å². The monoisotopic (exact) mass is 304 g/mol. The van der Waals surface area contributed by atoms with E-state index in [4.69, 9.17) is 0 Å². The standard InChI is InChI=1S/C14H20N6S/c1-3-20-7-5-4-6-12(20)11-8-13(17-10(2)16-11)18-14-19-15-9-21-14/h8-9,12H,3-7H2,1-2H3,(H,16,17,18,19). The Bertz CT molecular complexity index is 585. The van der Waals surface area contributed by atoms with Crippen molar-refractivity contribution in [3.63, 3.8) is 0 Å². The molecule has 0 saturated carbocycles. The van der Waals surface area contributed by atoms with Gasteiger partial charge in [0, 0.05) is 6.07 Å². The van der Waals surface area contributed by atoms with Gasteiger partial charge in [-0.1, -0.05) is 24.7 Å². The SMILES string of the molecule is CCN1CCCCC1c1cc(Nc2nncs2)nc(C)n1. The second-order valence-corrected chi connectivity index (χ2v) is 6.07. The summed E-state index contributed by atoms with van der Waals surface area (Å²) in [7, 11) is 0. The first-order chi connectivity index (χ1) is 10.3. The average Bonchev–Trinajstić information content (AvgIpc) is 2.99. The minimum Gasteiger partial charge on any atom is -0.315 e. The topological polar surface area (TPSA) is 66.8 Å². The van der Waals surface area contributed by atoms with E-state index in [9.17, 15) is 0 Å². The molecular weight excluding hydrogens is 284 g/mol. The van der Waals surface area contributed by atoms with Gasteiger partial charge in [0.1, 0.15) is 17.2 Å². The van der Waals surface area contributed by atoms with Crippen LogP contribution in [0.25, 0.3) is 0 Å². The Morgan fingerprint density at radius 2 is 2.29 bits per heavy atom. The van der Waals surface area contributed by atoms with E-state index in [2.05, 4.69) is 37.3 Å². The molecule has 3 rings (SSSR count). The number of nitrogens with zero attached hydrogens (tertiary/aromatic N) is 5. The molecule has 21 heavy (non-hydrogen) atoms. The number of piperidine rings is 1. The molecule has 0 radical (unpaired) electrons. The molecule has 0 aliphatic carbocycles. The molecule has 1 N–H and O–H groups in total. The average molecular weight is 304 g/mol. The molecule has 2 aromatic rings. The number of aromatic nitrogens is 4. The summed E-state index contributed by atoms with van der Waals surface area (Å²) in [6, 6.07) is 2.45. The molecule has 1 fully saturated rings. The molecule has 0 bridgehead atoms. The van der Waals surface area contributed by atoms with Gasteiger partial charge in [0.15, 0.2) is 0 Å². The van der Waals surface area contributed by atoms with E-state index < -0.39 is 0 Å². The molecule has 3 heterocycles. The maximum atomic E-state index is 4.66. The van der Waals surface area contributed by atoms with Gasteiger partial charge >= 0.3 is 0 Å². The van der Waals surface area contributed by atoms with Crippen LogP contribution >= 0.6 is 11.3 Å². The van der Waals surface area contributed by atoms with Crippen molar-refractivity contribution in [2.75, 3.05) is 18.4 Å². The van der Waals surface area contributed by atoms with E-state index >= 15 is 0 Å². The Kier molecular flexibility index (Phi) is 4.40. The molecule has 1 aliphatic rings. The third-order valence-corrected chi connectivity index (χ3v) is 4.42. The molecule has 112 valence electrons. The Morgan fingerprint density at radius 3 is 3.05 bits per heavy atom. The minimum atomic E-state index is 0.403. The predicted molar refractivity (Wildman–Crippen MR) is 83.8 cm³/mol. The second kappa shape index (κ2) is 6.44. The van der Waals surface area contributed by atoms with Crippen LogP contribution in [0.2, 0.25) is 0 Å². The minimum absolute atomic E-state index is 0.403. The van der Waals surface area contributed by atoms with Crippen molar-refractivity contribution in [2.24, 2.45) is 0 Å². The van der Waals surface area contributed by atoms with Gasteiger partial charge in [-0.3, -0.25) is 4.90 Å². The summed E-state index contributed by atoms with van der Waals surface area (Å²) in [4.78, 5) is 11.6. The number of nitrogens with one attached hydrogen (secondary N) is 1. The van der Waals surface area contributed by atoms with Crippen molar-refractivity contribution < 1.29 is 0 Å². The van der Waals surface area contributed by atoms with Crippen LogP contribution in [-0.4, -0.2) is 38.2 Å². The fourth-order valence-electron chi connectivity index (χ4n) is 2.87. The van der Waals surface area contributed by atoms with Gasteiger partial charge in [-0.15, -0.1) is 10.2 Å². The third kappa shape index (κ3) is 3.36. The van der Waals surface area contributed by atoms with Gasteiger partial charge in [0.25, 0.3) is 0 Å². The van der Waals surface area contributed by atoms with E-state index in [1.807, 2.05) is 13.0 Å². The molecule has 1 unspecified atom stereocenters. The van der Waals surface area contributed by atoms with Crippen molar-refractivity contribution in [1.29, 1.82) is 0 Å². The van der Waals surface area contributed by atoms with Crippen molar-refractivity contribution in [1.82, 2.24) is 25.1 Å². The van der Waals surface area contributed by atoms with Gasteiger partial charge in [0.05, 0.1) is 11.7 Å². The number of anilines is 2. The van der Waals surface area contributed by atoms with Crippen LogP contribution in [0, 0.1) is 6.92 Å². The van der Waals surface area contributed by atoms with Crippen LogP contribution in [0.15, 0.2) is 11.6 Å². The van der Waals surface area contributed by atoms with Crippen LogP contribution in [0.4, 0.5) is 10.9 Å². The summed E-state index contributed by atoms with van der Waals surface area (Å²) in [5.74, 6) is 1.59. The molecule has 0 spiro atoms. The lowest BCUT2D eigenvalue weighted by molar-refractivity contribution is 0.153. The number of aryl methyl sites for hydroxylation is 1. The summed E-state index contributed by atoms with van der Waals surface area (Å²) in [6.45, 7) is 6.37. The second-order valence-electron chi connectivity index (χ2n) is 5.23. The van der Waals surface area contributed by atoms with Crippen molar-refractivity contribution >= 4 is 22.3 Å². The first-order valence-corrected chi connectivity index (χ1v) is 8.27. The molecule has 1 saturated heterocycles. The fourth-order valence-corrected chi connectivity index (χ4v) is 3.32. The molecule has 0 aromatic carbocycles. The molecule has 7 heteroatoms. The summed E-state index contributed by atoms with van der Waals surface area (Å²) in [5.41, 5.74) is 2.81. The summed E-state index contributed by atoms with van der Waals surface area (Å²) in [6.07, 6.45) is 3.72. The van der Waals surface area contributed by atoms with Gasteiger partial charge < -0.3 is 5.32 Å². The lowest BCUT2D eigenvalue weighted by Gasteiger charge is -2.34. The van der Waals surface area contributed by atoms with Gasteiger partial charge in [-0.2, -0.15) is 0 Å². The van der Waals surface area contributed by atoms with Crippen LogP contribution in [0.5, 0.6) is 0 Å². The number of hydrogen-bond donors (Lipinski definition) is 1. The quantitative estimate of drug-likeness (QED) is 0.937. The van der Waals surface area contributed by atoms with Crippen molar-refractivity contribution in [3.05, 3.63) is 23.1 Å². The van der Waals surface area contributed by atoms with E-state index in [1.54, 1.807) is 5.51 Å². The summed E-state index contributed by atoms with van der Waals surface area (Å²) >= 11 is 1.47. The van der Waals surface area contributed by atoms with Crippen LogP contribution in [-0.2, 0) is 0 Å². The largest absolute Gasteiger partial charge is 0.315 e. The van der Waals surface area contributed by atoms with E-state index in [1.165, 1.54) is 30.6 Å². The number of likely N-dealkylation sites (tertiary alicyclic amines) is 1. The zero-order chi connectivity index (χ0) is 14.7. The Labute approximate surface area is 128 Å². The molecule has 2 aromatic heterocycles. The predicted octanol–water partition coefficient (Wildman–Crippen LogP) is 2.93. The summed E-state index contributed by atoms with van der Waals surface area (Å²) in [5, 5.41) is 11.8. The highest BCUT2D eigenvalue weighted by Crippen LogP contribution is 2.30. The zero-order valence-corrected chi connectivity index (χ0v) is 13.2. The summed E-state index contributed by atoms with van der Waals surface area (Å²) < 4.78 is 0. The van der Waals surface area contributed by atoms with E-state index in [0.717, 1.165) is 35.6 Å². The molecule has 1 atom stereocenters. The van der Waals surface area contributed by atoms with Gasteiger partial charge in [-0.25, -0.2) is 9.97 Å².